The second-order valence-corrected chi connectivity index (χ2v) is 8.56. The summed E-state index contributed by atoms with van der Waals surface area (Å²) in [6.07, 6.45) is 0. The first-order valence-electron chi connectivity index (χ1n) is 9.90. The number of benzene rings is 4. The maximum Gasteiger partial charge on any atom is 0.105 e. The number of rotatable bonds is 7. The Morgan fingerprint density at radius 3 is 1.28 bits per heavy atom. The first-order chi connectivity index (χ1) is 14.3. The molecule has 0 amide bonds. The van der Waals surface area contributed by atoms with Crippen LogP contribution in [0.4, 0.5) is 0 Å². The lowest BCUT2D eigenvalue weighted by Crippen LogP contribution is -2.30. The van der Waals surface area contributed by atoms with Gasteiger partial charge in [-0.05, 0) is 29.3 Å². The van der Waals surface area contributed by atoms with Crippen molar-refractivity contribution in [3.63, 3.8) is 0 Å². The molecular formula is C27H25NS. The van der Waals surface area contributed by atoms with E-state index in [1.54, 1.807) is 0 Å². The fourth-order valence-corrected chi connectivity index (χ4v) is 5.19. The van der Waals surface area contributed by atoms with Crippen LogP contribution >= 0.6 is 11.9 Å². The molecule has 0 radical (unpaired) electrons. The quantitative estimate of drug-likeness (QED) is 0.251. The van der Waals surface area contributed by atoms with E-state index in [1.807, 2.05) is 11.9 Å². The first-order valence-corrected chi connectivity index (χ1v) is 10.7. The molecule has 0 atom stereocenters. The highest BCUT2D eigenvalue weighted by molar-refractivity contribution is 7.98. The van der Waals surface area contributed by atoms with E-state index >= 15 is 0 Å². The maximum atomic E-state index is 2.35. The smallest absolute Gasteiger partial charge is 0.105 e. The molecule has 29 heavy (non-hydrogen) atoms. The van der Waals surface area contributed by atoms with Crippen LogP contribution in [0.15, 0.2) is 121 Å². The van der Waals surface area contributed by atoms with E-state index in [-0.39, 0.29) is 4.75 Å². The van der Waals surface area contributed by atoms with Crippen molar-refractivity contribution in [1.29, 1.82) is 0 Å². The summed E-state index contributed by atoms with van der Waals surface area (Å²) in [5, 5.41) is 0. The molecule has 2 heteroatoms. The Labute approximate surface area is 178 Å². The van der Waals surface area contributed by atoms with Crippen LogP contribution in [0.2, 0.25) is 0 Å². The Hall–Kier alpha value is -2.81. The molecule has 0 aliphatic heterocycles. The van der Waals surface area contributed by atoms with Gasteiger partial charge in [-0.1, -0.05) is 133 Å². The van der Waals surface area contributed by atoms with E-state index in [2.05, 4.69) is 133 Å². The summed E-state index contributed by atoms with van der Waals surface area (Å²) in [7, 11) is 2.18. The van der Waals surface area contributed by atoms with Gasteiger partial charge >= 0.3 is 0 Å². The molecule has 4 aromatic carbocycles. The van der Waals surface area contributed by atoms with Crippen LogP contribution in [0.1, 0.15) is 22.3 Å². The fourth-order valence-electron chi connectivity index (χ4n) is 3.78. The molecule has 0 aromatic heterocycles. The Morgan fingerprint density at radius 2 is 0.897 bits per heavy atom. The van der Waals surface area contributed by atoms with Crippen molar-refractivity contribution < 1.29 is 0 Å². The normalized spacial score (nSPS) is 11.5. The van der Waals surface area contributed by atoms with E-state index < -0.39 is 0 Å². The highest BCUT2D eigenvalue weighted by atomic mass is 32.2. The summed E-state index contributed by atoms with van der Waals surface area (Å²) < 4.78 is 2.02. The van der Waals surface area contributed by atoms with Crippen LogP contribution in [0.5, 0.6) is 0 Å². The minimum Gasteiger partial charge on any atom is -0.248 e. The van der Waals surface area contributed by atoms with Crippen molar-refractivity contribution in [2.75, 3.05) is 7.05 Å². The zero-order valence-electron chi connectivity index (χ0n) is 16.6. The molecule has 0 heterocycles. The second-order valence-electron chi connectivity index (χ2n) is 7.14. The minimum absolute atomic E-state index is 0.326. The molecule has 4 aromatic rings. The van der Waals surface area contributed by atoms with Gasteiger partial charge in [-0.3, -0.25) is 0 Å². The van der Waals surface area contributed by atoms with E-state index in [4.69, 9.17) is 0 Å². The Bertz CT molecular complexity index is 905. The molecule has 0 unspecified atom stereocenters. The van der Waals surface area contributed by atoms with Gasteiger partial charge in [0.05, 0.1) is 0 Å². The average Bonchev–Trinajstić information content (AvgIpc) is 2.80. The van der Waals surface area contributed by atoms with Gasteiger partial charge in [-0.25, -0.2) is 4.31 Å². The van der Waals surface area contributed by atoms with Gasteiger partial charge in [0.25, 0.3) is 0 Å². The van der Waals surface area contributed by atoms with Crippen LogP contribution in [-0.2, 0) is 11.3 Å². The third-order valence-electron chi connectivity index (χ3n) is 5.08. The lowest BCUT2D eigenvalue weighted by Gasteiger charge is -2.38. The Kier molecular flexibility index (Phi) is 6.14. The lowest BCUT2D eigenvalue weighted by molar-refractivity contribution is 0.554. The zero-order chi connectivity index (χ0) is 19.9. The van der Waals surface area contributed by atoms with Crippen molar-refractivity contribution in [2.45, 2.75) is 11.3 Å². The van der Waals surface area contributed by atoms with Gasteiger partial charge in [-0.2, -0.15) is 0 Å². The van der Waals surface area contributed by atoms with Gasteiger partial charge in [-0.15, -0.1) is 0 Å². The van der Waals surface area contributed by atoms with Gasteiger partial charge in [0, 0.05) is 6.54 Å². The van der Waals surface area contributed by atoms with Gasteiger partial charge in [0.2, 0.25) is 0 Å². The SMILES string of the molecule is CN(Cc1ccccc1)SC(c1ccccc1)(c1ccccc1)c1ccccc1. The van der Waals surface area contributed by atoms with Crippen LogP contribution in [0.25, 0.3) is 0 Å². The van der Waals surface area contributed by atoms with Crippen molar-refractivity contribution in [3.05, 3.63) is 144 Å². The van der Waals surface area contributed by atoms with Crippen molar-refractivity contribution in [2.24, 2.45) is 0 Å². The summed E-state index contributed by atoms with van der Waals surface area (Å²) in [6.45, 7) is 0.875. The van der Waals surface area contributed by atoms with Gasteiger partial charge < -0.3 is 0 Å². The van der Waals surface area contributed by atoms with Crippen LogP contribution in [0.3, 0.4) is 0 Å². The van der Waals surface area contributed by atoms with E-state index in [9.17, 15) is 0 Å². The molecule has 0 saturated heterocycles. The van der Waals surface area contributed by atoms with Crippen LogP contribution < -0.4 is 0 Å². The van der Waals surface area contributed by atoms with Gasteiger partial charge in [0.1, 0.15) is 4.75 Å². The molecule has 1 nitrogen and oxygen atoms in total. The first kappa shape index (κ1) is 19.5. The maximum absolute atomic E-state index is 2.35. The van der Waals surface area contributed by atoms with Crippen molar-refractivity contribution >= 4 is 11.9 Å². The van der Waals surface area contributed by atoms with E-state index in [0.29, 0.717) is 0 Å². The molecule has 0 bridgehead atoms. The second kappa shape index (κ2) is 9.13. The number of nitrogens with zero attached hydrogens (tertiary/aromatic N) is 1. The molecule has 144 valence electrons. The molecule has 0 fully saturated rings. The molecule has 0 spiro atoms. The molecule has 0 saturated carbocycles. The third kappa shape index (κ3) is 4.29. The van der Waals surface area contributed by atoms with Crippen molar-refractivity contribution in [1.82, 2.24) is 4.31 Å². The summed E-state index contributed by atoms with van der Waals surface area (Å²) in [4.78, 5) is 0. The summed E-state index contributed by atoms with van der Waals surface area (Å²) >= 11 is 1.88. The van der Waals surface area contributed by atoms with Crippen LogP contribution in [0, 0.1) is 0 Å². The average molecular weight is 396 g/mol. The number of hydrogen-bond acceptors (Lipinski definition) is 2. The molecular weight excluding hydrogens is 370 g/mol. The van der Waals surface area contributed by atoms with E-state index in [1.165, 1.54) is 22.3 Å². The topological polar surface area (TPSA) is 3.24 Å². The third-order valence-corrected chi connectivity index (χ3v) is 6.50. The predicted octanol–water partition coefficient (Wildman–Crippen LogP) is 6.76. The lowest BCUT2D eigenvalue weighted by atomic mass is 9.84. The standard InChI is InChI=1S/C27H25NS/c1-28(22-23-14-6-2-7-15-23)29-27(24-16-8-3-9-17-24,25-18-10-4-11-19-25)26-20-12-5-13-21-26/h2-21H,22H2,1H3. The molecule has 0 N–H and O–H groups in total. The minimum atomic E-state index is -0.326. The summed E-state index contributed by atoms with van der Waals surface area (Å²) in [5.74, 6) is 0. The van der Waals surface area contributed by atoms with Crippen LogP contribution in [-0.4, -0.2) is 11.4 Å². The molecule has 4 rings (SSSR count). The van der Waals surface area contributed by atoms with Gasteiger partial charge in [0.15, 0.2) is 0 Å². The largest absolute Gasteiger partial charge is 0.248 e. The molecule has 0 aliphatic rings. The van der Waals surface area contributed by atoms with Crippen molar-refractivity contribution in [3.8, 4) is 0 Å². The predicted molar refractivity (Wildman–Crippen MR) is 125 cm³/mol. The Balaban J connectivity index is 1.83. The Morgan fingerprint density at radius 1 is 0.552 bits per heavy atom. The zero-order valence-corrected chi connectivity index (χ0v) is 17.4. The molecule has 0 aliphatic carbocycles. The highest BCUT2D eigenvalue weighted by Gasteiger charge is 2.38. The monoisotopic (exact) mass is 395 g/mol. The summed E-state index contributed by atoms with van der Waals surface area (Å²) in [5.41, 5.74) is 5.15. The highest BCUT2D eigenvalue weighted by Crippen LogP contribution is 2.49. The summed E-state index contributed by atoms with van der Waals surface area (Å²) in [6, 6.07) is 43.1. The van der Waals surface area contributed by atoms with E-state index in [0.717, 1.165) is 6.54 Å². The fraction of sp³-hybridized carbons (Fsp3) is 0.111. The number of hydrogen-bond donors (Lipinski definition) is 0.